The number of hydrogen-bond acceptors (Lipinski definition) is 6. The summed E-state index contributed by atoms with van der Waals surface area (Å²) in [6, 6.07) is 9.37. The van der Waals surface area contributed by atoms with E-state index in [0.717, 1.165) is 10.0 Å². The van der Waals surface area contributed by atoms with Gasteiger partial charge in [0, 0.05) is 16.1 Å². The summed E-state index contributed by atoms with van der Waals surface area (Å²) in [4.78, 5) is 16.6. The van der Waals surface area contributed by atoms with Crippen LogP contribution in [0.4, 0.5) is 5.82 Å². The van der Waals surface area contributed by atoms with Crippen molar-refractivity contribution < 1.29 is 9.32 Å². The smallest absolute Gasteiger partial charge is 0.238 e. The van der Waals surface area contributed by atoms with Gasteiger partial charge in [0.05, 0.1) is 5.25 Å². The molecule has 1 aromatic carbocycles. The van der Waals surface area contributed by atoms with Gasteiger partial charge in [-0.05, 0) is 19.9 Å². The molecule has 1 amide bonds. The monoisotopic (exact) mass is 407 g/mol. The summed E-state index contributed by atoms with van der Waals surface area (Å²) in [6.07, 6.45) is 0. The number of halogens is 1. The third-order valence-electron chi connectivity index (χ3n) is 3.12. The molecule has 2 aromatic heterocycles. The van der Waals surface area contributed by atoms with Crippen molar-refractivity contribution >= 4 is 39.4 Å². The van der Waals surface area contributed by atoms with Crippen LogP contribution in [0.1, 0.15) is 12.7 Å². The number of carbonyl (C=O) groups excluding carboxylic acids is 1. The highest BCUT2D eigenvalue weighted by Gasteiger charge is 2.19. The lowest BCUT2D eigenvalue weighted by Crippen LogP contribution is -2.22. The van der Waals surface area contributed by atoms with Crippen LogP contribution in [0.2, 0.25) is 0 Å². The summed E-state index contributed by atoms with van der Waals surface area (Å²) < 4.78 is 5.84. The van der Waals surface area contributed by atoms with Crippen LogP contribution in [0.3, 0.4) is 0 Å². The fourth-order valence-electron chi connectivity index (χ4n) is 1.94. The summed E-state index contributed by atoms with van der Waals surface area (Å²) in [5, 5.41) is 13.6. The SMILES string of the molecule is Cc1cc(NC(=O)[C@@H](C)Sc2n[nH]c(-c3ccccc3Br)n2)no1. The number of H-pyrrole nitrogens is 1. The molecule has 1 atom stereocenters. The minimum Gasteiger partial charge on any atom is -0.360 e. The van der Waals surface area contributed by atoms with E-state index >= 15 is 0 Å². The first-order valence-electron chi connectivity index (χ1n) is 7.11. The lowest BCUT2D eigenvalue weighted by molar-refractivity contribution is -0.115. The van der Waals surface area contributed by atoms with Crippen LogP contribution in [-0.2, 0) is 4.79 Å². The number of aromatic nitrogens is 4. The van der Waals surface area contributed by atoms with Gasteiger partial charge in [0.2, 0.25) is 11.1 Å². The van der Waals surface area contributed by atoms with E-state index in [9.17, 15) is 4.79 Å². The maximum atomic E-state index is 12.2. The second-order valence-electron chi connectivity index (χ2n) is 5.02. The molecule has 0 saturated heterocycles. The second kappa shape index (κ2) is 7.18. The number of aromatic amines is 1. The van der Waals surface area contributed by atoms with Crippen LogP contribution in [-0.4, -0.2) is 31.5 Å². The van der Waals surface area contributed by atoms with Crippen molar-refractivity contribution in [3.8, 4) is 11.4 Å². The zero-order chi connectivity index (χ0) is 17.1. The van der Waals surface area contributed by atoms with Gasteiger partial charge < -0.3 is 9.84 Å². The molecule has 0 bridgehead atoms. The largest absolute Gasteiger partial charge is 0.360 e. The highest BCUT2D eigenvalue weighted by molar-refractivity contribution is 9.10. The highest BCUT2D eigenvalue weighted by Crippen LogP contribution is 2.27. The molecule has 24 heavy (non-hydrogen) atoms. The topological polar surface area (TPSA) is 96.7 Å². The Kier molecular flexibility index (Phi) is 5.00. The zero-order valence-corrected chi connectivity index (χ0v) is 15.3. The number of benzene rings is 1. The summed E-state index contributed by atoms with van der Waals surface area (Å²) in [6.45, 7) is 3.54. The number of amides is 1. The average molecular weight is 408 g/mol. The molecule has 0 unspecified atom stereocenters. The number of nitrogens with zero attached hydrogens (tertiary/aromatic N) is 3. The summed E-state index contributed by atoms with van der Waals surface area (Å²) >= 11 is 4.74. The Bertz CT molecular complexity index is 863. The van der Waals surface area contributed by atoms with Crippen molar-refractivity contribution in [2.45, 2.75) is 24.3 Å². The molecule has 124 valence electrons. The van der Waals surface area contributed by atoms with E-state index < -0.39 is 0 Å². The third kappa shape index (κ3) is 3.85. The molecule has 0 aliphatic carbocycles. The van der Waals surface area contributed by atoms with E-state index in [2.05, 4.69) is 41.6 Å². The lowest BCUT2D eigenvalue weighted by Gasteiger charge is -2.07. The van der Waals surface area contributed by atoms with Crippen LogP contribution in [0.15, 0.2) is 44.5 Å². The minimum atomic E-state index is -0.384. The molecular weight excluding hydrogens is 394 g/mol. The molecule has 0 aliphatic heterocycles. The van der Waals surface area contributed by atoms with Gasteiger partial charge in [0.1, 0.15) is 5.76 Å². The first kappa shape index (κ1) is 16.7. The molecule has 9 heteroatoms. The Hall–Kier alpha value is -2.13. The number of rotatable bonds is 5. The molecule has 3 aromatic rings. The first-order chi connectivity index (χ1) is 11.5. The number of carbonyl (C=O) groups is 1. The predicted octanol–water partition coefficient (Wildman–Crippen LogP) is 3.65. The van der Waals surface area contributed by atoms with Gasteiger partial charge in [-0.3, -0.25) is 9.89 Å². The number of thioether (sulfide) groups is 1. The van der Waals surface area contributed by atoms with E-state index in [1.807, 2.05) is 24.3 Å². The lowest BCUT2D eigenvalue weighted by atomic mass is 10.2. The van der Waals surface area contributed by atoms with Crippen molar-refractivity contribution in [3.63, 3.8) is 0 Å². The van der Waals surface area contributed by atoms with Crippen molar-refractivity contribution in [2.24, 2.45) is 0 Å². The summed E-state index contributed by atoms with van der Waals surface area (Å²) in [5.41, 5.74) is 0.909. The van der Waals surface area contributed by atoms with Crippen molar-refractivity contribution in [3.05, 3.63) is 40.6 Å². The Balaban J connectivity index is 1.66. The number of aryl methyl sites for hydroxylation is 1. The Morgan fingerprint density at radius 3 is 2.92 bits per heavy atom. The fraction of sp³-hybridized carbons (Fsp3) is 0.200. The molecule has 0 radical (unpaired) electrons. The maximum absolute atomic E-state index is 12.2. The standard InChI is InChI=1S/C15H14BrN5O2S/c1-8-7-12(21-23-8)17-14(22)9(2)24-15-18-13(19-20-15)10-5-3-4-6-11(10)16/h3-7,9H,1-2H3,(H,17,21,22)(H,18,19,20)/t9-/m1/s1. The summed E-state index contributed by atoms with van der Waals surface area (Å²) in [5.74, 6) is 1.48. The number of hydrogen-bond donors (Lipinski definition) is 2. The first-order valence-corrected chi connectivity index (χ1v) is 8.78. The van der Waals surface area contributed by atoms with Crippen molar-refractivity contribution in [1.29, 1.82) is 0 Å². The van der Waals surface area contributed by atoms with Crippen LogP contribution in [0, 0.1) is 6.92 Å². The van der Waals surface area contributed by atoms with Gasteiger partial charge in [0.25, 0.3) is 0 Å². The second-order valence-corrected chi connectivity index (χ2v) is 7.18. The maximum Gasteiger partial charge on any atom is 0.238 e. The molecular formula is C15H14BrN5O2S. The molecule has 0 spiro atoms. The summed E-state index contributed by atoms with van der Waals surface area (Å²) in [7, 11) is 0. The van der Waals surface area contributed by atoms with Gasteiger partial charge in [0.15, 0.2) is 11.6 Å². The molecule has 0 saturated carbocycles. The van der Waals surface area contributed by atoms with Gasteiger partial charge >= 0.3 is 0 Å². The normalized spacial score (nSPS) is 12.1. The van der Waals surface area contributed by atoms with Crippen LogP contribution in [0.5, 0.6) is 0 Å². The van der Waals surface area contributed by atoms with Gasteiger partial charge in [-0.2, -0.15) is 0 Å². The highest BCUT2D eigenvalue weighted by atomic mass is 79.9. The minimum absolute atomic E-state index is 0.194. The molecule has 2 N–H and O–H groups in total. The van der Waals surface area contributed by atoms with Crippen LogP contribution < -0.4 is 5.32 Å². The van der Waals surface area contributed by atoms with E-state index in [4.69, 9.17) is 4.52 Å². The number of anilines is 1. The molecule has 7 nitrogen and oxygen atoms in total. The van der Waals surface area contributed by atoms with E-state index in [1.54, 1.807) is 19.9 Å². The number of nitrogens with one attached hydrogen (secondary N) is 2. The molecule has 0 fully saturated rings. The van der Waals surface area contributed by atoms with Crippen molar-refractivity contribution in [1.82, 2.24) is 20.3 Å². The predicted molar refractivity (Wildman–Crippen MR) is 94.7 cm³/mol. The molecule has 2 heterocycles. The fourth-order valence-corrected chi connectivity index (χ4v) is 3.13. The van der Waals surface area contributed by atoms with E-state index in [1.165, 1.54) is 11.8 Å². The van der Waals surface area contributed by atoms with Crippen LogP contribution in [0.25, 0.3) is 11.4 Å². The third-order valence-corrected chi connectivity index (χ3v) is 4.78. The van der Waals surface area contributed by atoms with Crippen LogP contribution >= 0.6 is 27.7 Å². The van der Waals surface area contributed by atoms with E-state index in [-0.39, 0.29) is 11.2 Å². The Morgan fingerprint density at radius 2 is 2.21 bits per heavy atom. The zero-order valence-electron chi connectivity index (χ0n) is 12.9. The van der Waals surface area contributed by atoms with Gasteiger partial charge in [-0.25, -0.2) is 4.98 Å². The van der Waals surface area contributed by atoms with E-state index in [0.29, 0.717) is 22.6 Å². The quantitative estimate of drug-likeness (QED) is 0.626. The van der Waals surface area contributed by atoms with Gasteiger partial charge in [-0.15, -0.1) is 5.10 Å². The molecule has 3 rings (SSSR count). The average Bonchev–Trinajstić information content (AvgIpc) is 3.17. The van der Waals surface area contributed by atoms with Gasteiger partial charge in [-0.1, -0.05) is 51.0 Å². The molecule has 0 aliphatic rings. The Morgan fingerprint density at radius 1 is 1.42 bits per heavy atom. The Labute approximate surface area is 150 Å². The van der Waals surface area contributed by atoms with Crippen molar-refractivity contribution in [2.75, 3.05) is 5.32 Å².